The van der Waals surface area contributed by atoms with E-state index in [9.17, 15) is 14.7 Å². The van der Waals surface area contributed by atoms with Crippen molar-refractivity contribution in [1.82, 2.24) is 19.1 Å². The molecule has 3 heterocycles. The second kappa shape index (κ2) is 9.36. The Hall–Kier alpha value is -4.76. The van der Waals surface area contributed by atoms with E-state index < -0.39 is 17.1 Å². The molecule has 1 amide bonds. The molecule has 37 heavy (non-hydrogen) atoms. The van der Waals surface area contributed by atoms with Gasteiger partial charge in [0.05, 0.1) is 17.5 Å². The van der Waals surface area contributed by atoms with Gasteiger partial charge in [-0.3, -0.25) is 14.2 Å². The van der Waals surface area contributed by atoms with Gasteiger partial charge in [0.25, 0.3) is 11.5 Å². The van der Waals surface area contributed by atoms with Crippen LogP contribution in [0.2, 0.25) is 0 Å². The van der Waals surface area contributed by atoms with Crippen LogP contribution >= 0.6 is 0 Å². The highest BCUT2D eigenvalue weighted by atomic mass is 16.3. The summed E-state index contributed by atoms with van der Waals surface area (Å²) in [6.45, 7) is 3.77. The minimum Gasteiger partial charge on any atom is -0.389 e. The van der Waals surface area contributed by atoms with Crippen molar-refractivity contribution in [3.05, 3.63) is 101 Å². The second-order valence-corrected chi connectivity index (χ2v) is 9.40. The predicted molar refractivity (Wildman–Crippen MR) is 144 cm³/mol. The third-order valence-corrected chi connectivity index (χ3v) is 5.92. The molecule has 5 rings (SSSR count). The van der Waals surface area contributed by atoms with E-state index >= 15 is 0 Å². The number of nitrogens with zero attached hydrogens (tertiary/aromatic N) is 4. The molecule has 0 unspecified atom stereocenters. The topological polar surface area (TPSA) is 128 Å². The van der Waals surface area contributed by atoms with Gasteiger partial charge in [-0.05, 0) is 55.8 Å². The number of amides is 1. The van der Waals surface area contributed by atoms with Gasteiger partial charge in [-0.15, -0.1) is 0 Å². The van der Waals surface area contributed by atoms with E-state index in [2.05, 4.69) is 15.3 Å². The number of benzene rings is 2. The fraction of sp³-hybridized carbons (Fsp3) is 0.143. The molecule has 0 radical (unpaired) electrons. The molecule has 2 aromatic carbocycles. The molecule has 0 aliphatic rings. The molecule has 9 nitrogen and oxygen atoms in total. The number of hydrogen-bond acceptors (Lipinski definition) is 6. The van der Waals surface area contributed by atoms with Gasteiger partial charge >= 0.3 is 0 Å². The standard InChI is InChI=1S/C28H26N6O3/c1-28(2,37)16-33-15-22(23-24(29)30-17-31-25(23)33)18-10-12-19(13-11-18)32-26(35)21-9-6-14-34(27(21)36)20-7-4-3-5-8-20/h3-15,17,37H,16H2,1-2H3,(H,32,35)(H2,29,30,31). The molecular formula is C28H26N6O3. The molecule has 3 aromatic heterocycles. The summed E-state index contributed by atoms with van der Waals surface area (Å²) in [5.41, 5.74) is 8.35. The number of fused-ring (bicyclic) bond motifs is 1. The van der Waals surface area contributed by atoms with Crippen LogP contribution < -0.4 is 16.6 Å². The zero-order chi connectivity index (χ0) is 26.2. The number of aliphatic hydroxyl groups is 1. The first-order valence-corrected chi connectivity index (χ1v) is 11.7. The Kier molecular flexibility index (Phi) is 6.06. The third kappa shape index (κ3) is 4.85. The van der Waals surface area contributed by atoms with Crippen molar-refractivity contribution >= 4 is 28.4 Å². The van der Waals surface area contributed by atoms with Crippen LogP contribution in [0.4, 0.5) is 11.5 Å². The molecule has 186 valence electrons. The molecule has 0 saturated heterocycles. The van der Waals surface area contributed by atoms with Crippen LogP contribution in [-0.2, 0) is 6.54 Å². The number of rotatable bonds is 6. The molecule has 0 aliphatic carbocycles. The number of pyridine rings is 1. The van der Waals surface area contributed by atoms with Crippen LogP contribution in [0.5, 0.6) is 0 Å². The Morgan fingerprint density at radius 2 is 1.76 bits per heavy atom. The highest BCUT2D eigenvalue weighted by Gasteiger charge is 2.20. The van der Waals surface area contributed by atoms with E-state index in [-0.39, 0.29) is 5.56 Å². The van der Waals surface area contributed by atoms with Gasteiger partial charge in [0.2, 0.25) is 0 Å². The highest BCUT2D eigenvalue weighted by Crippen LogP contribution is 2.33. The van der Waals surface area contributed by atoms with Crippen LogP contribution in [0.3, 0.4) is 0 Å². The lowest BCUT2D eigenvalue weighted by Crippen LogP contribution is -2.27. The fourth-order valence-electron chi connectivity index (χ4n) is 4.29. The number of aromatic nitrogens is 4. The number of carbonyl (C=O) groups excluding carboxylic acids is 1. The maximum absolute atomic E-state index is 13.0. The summed E-state index contributed by atoms with van der Waals surface area (Å²) in [7, 11) is 0. The molecular weight excluding hydrogens is 468 g/mol. The molecule has 0 saturated carbocycles. The van der Waals surface area contributed by atoms with Gasteiger partial charge in [0, 0.05) is 29.3 Å². The fourth-order valence-corrected chi connectivity index (χ4v) is 4.29. The van der Waals surface area contributed by atoms with Gasteiger partial charge in [-0.2, -0.15) is 0 Å². The van der Waals surface area contributed by atoms with Crippen molar-refractivity contribution in [3.63, 3.8) is 0 Å². The van der Waals surface area contributed by atoms with Gasteiger partial charge in [-0.1, -0.05) is 30.3 Å². The number of nitrogens with one attached hydrogen (secondary N) is 1. The summed E-state index contributed by atoms with van der Waals surface area (Å²) in [5.74, 6) is -0.159. The molecule has 4 N–H and O–H groups in total. The minimum atomic E-state index is -0.951. The molecule has 5 aromatic rings. The zero-order valence-corrected chi connectivity index (χ0v) is 20.4. The summed E-state index contributed by atoms with van der Waals surface area (Å²) < 4.78 is 3.29. The van der Waals surface area contributed by atoms with Gasteiger partial charge < -0.3 is 20.7 Å². The predicted octanol–water partition coefficient (Wildman–Crippen LogP) is 3.85. The number of anilines is 2. The number of nitrogens with two attached hydrogens (primary N) is 1. The van der Waals surface area contributed by atoms with Gasteiger partial charge in [0.15, 0.2) is 0 Å². The van der Waals surface area contributed by atoms with Crippen molar-refractivity contribution in [1.29, 1.82) is 0 Å². The largest absolute Gasteiger partial charge is 0.389 e. The Bertz CT molecular complexity index is 1650. The summed E-state index contributed by atoms with van der Waals surface area (Å²) in [6.07, 6.45) is 4.92. The van der Waals surface area contributed by atoms with Crippen molar-refractivity contribution in [2.75, 3.05) is 11.1 Å². The van der Waals surface area contributed by atoms with E-state index in [1.165, 1.54) is 17.0 Å². The van der Waals surface area contributed by atoms with Crippen LogP contribution in [0.1, 0.15) is 24.2 Å². The van der Waals surface area contributed by atoms with E-state index in [1.807, 2.05) is 41.1 Å². The van der Waals surface area contributed by atoms with Crippen LogP contribution in [0.15, 0.2) is 90.2 Å². The van der Waals surface area contributed by atoms with E-state index in [1.54, 1.807) is 50.4 Å². The molecule has 0 bridgehead atoms. The van der Waals surface area contributed by atoms with E-state index in [4.69, 9.17) is 5.73 Å². The highest BCUT2D eigenvalue weighted by molar-refractivity contribution is 6.04. The maximum Gasteiger partial charge on any atom is 0.267 e. The van der Waals surface area contributed by atoms with Crippen molar-refractivity contribution in [3.8, 4) is 16.8 Å². The lowest BCUT2D eigenvalue weighted by Gasteiger charge is -2.18. The van der Waals surface area contributed by atoms with Crippen molar-refractivity contribution < 1.29 is 9.90 Å². The smallest absolute Gasteiger partial charge is 0.267 e. The quantitative estimate of drug-likeness (QED) is 0.329. The molecule has 0 aliphatic heterocycles. The van der Waals surface area contributed by atoms with E-state index in [0.717, 1.165) is 11.1 Å². The first-order valence-electron chi connectivity index (χ1n) is 11.7. The van der Waals surface area contributed by atoms with E-state index in [0.29, 0.717) is 34.8 Å². The second-order valence-electron chi connectivity index (χ2n) is 9.40. The van der Waals surface area contributed by atoms with Gasteiger partial charge in [-0.25, -0.2) is 9.97 Å². The van der Waals surface area contributed by atoms with Crippen LogP contribution in [0, 0.1) is 0 Å². The van der Waals surface area contributed by atoms with Crippen LogP contribution in [-0.4, -0.2) is 35.7 Å². The summed E-state index contributed by atoms with van der Waals surface area (Å²) >= 11 is 0. The molecule has 0 atom stereocenters. The Balaban J connectivity index is 1.43. The number of hydrogen-bond donors (Lipinski definition) is 3. The molecule has 0 spiro atoms. The Morgan fingerprint density at radius 1 is 1.03 bits per heavy atom. The Labute approximate surface area is 212 Å². The minimum absolute atomic E-state index is 0.0371. The number of para-hydroxylation sites is 1. The number of carbonyl (C=O) groups is 1. The van der Waals surface area contributed by atoms with Gasteiger partial charge in [0.1, 0.15) is 23.4 Å². The van der Waals surface area contributed by atoms with Crippen LogP contribution in [0.25, 0.3) is 27.8 Å². The SMILES string of the molecule is CC(C)(O)Cn1cc(-c2ccc(NC(=O)c3cccn(-c4ccccc4)c3=O)cc2)c2c(N)ncnc21. The summed E-state index contributed by atoms with van der Waals surface area (Å²) in [6, 6.07) is 19.5. The first kappa shape index (κ1) is 24.0. The number of nitrogen functional groups attached to an aromatic ring is 1. The molecule has 0 fully saturated rings. The summed E-state index contributed by atoms with van der Waals surface area (Å²) in [4.78, 5) is 34.4. The average Bonchev–Trinajstić information content (AvgIpc) is 3.23. The maximum atomic E-state index is 13.0. The lowest BCUT2D eigenvalue weighted by molar-refractivity contribution is 0.0627. The first-order chi connectivity index (χ1) is 17.7. The summed E-state index contributed by atoms with van der Waals surface area (Å²) in [5, 5.41) is 13.8. The Morgan fingerprint density at radius 3 is 2.46 bits per heavy atom. The lowest BCUT2D eigenvalue weighted by atomic mass is 10.1. The monoisotopic (exact) mass is 494 g/mol. The molecule has 9 heteroatoms. The average molecular weight is 495 g/mol. The van der Waals surface area contributed by atoms with Crippen molar-refractivity contribution in [2.24, 2.45) is 0 Å². The normalized spacial score (nSPS) is 11.5. The third-order valence-electron chi connectivity index (χ3n) is 5.92. The zero-order valence-electron chi connectivity index (χ0n) is 20.4. The van der Waals surface area contributed by atoms with Crippen molar-refractivity contribution in [2.45, 2.75) is 26.0 Å².